The molecule has 2 aliphatic rings. The number of rotatable bonds is 3. The van der Waals surface area contributed by atoms with Crippen LogP contribution in [0.3, 0.4) is 0 Å². The number of nitrogens with zero attached hydrogens (tertiary/aromatic N) is 1. The fraction of sp³-hybridized carbons (Fsp3) is 0.444. The van der Waals surface area contributed by atoms with Crippen molar-refractivity contribution in [1.29, 1.82) is 0 Å². The van der Waals surface area contributed by atoms with Gasteiger partial charge < -0.3 is 15.5 Å². The van der Waals surface area contributed by atoms with Crippen molar-refractivity contribution in [2.75, 3.05) is 31.5 Å². The second kappa shape index (κ2) is 7.94. The van der Waals surface area contributed by atoms with Crippen molar-refractivity contribution in [3.05, 3.63) is 40.9 Å². The van der Waals surface area contributed by atoms with Crippen LogP contribution in [0.1, 0.15) is 12.8 Å². The van der Waals surface area contributed by atoms with E-state index >= 15 is 0 Å². The van der Waals surface area contributed by atoms with Crippen LogP contribution in [-0.4, -0.2) is 42.9 Å². The van der Waals surface area contributed by atoms with Gasteiger partial charge in [0.1, 0.15) is 0 Å². The van der Waals surface area contributed by atoms with Crippen LogP contribution in [-0.2, 0) is 9.59 Å². The van der Waals surface area contributed by atoms with Crippen molar-refractivity contribution in [3.8, 4) is 0 Å². The Bertz CT molecular complexity index is 624. The number of amides is 2. The quantitative estimate of drug-likeness (QED) is 0.777. The van der Waals surface area contributed by atoms with Crippen LogP contribution < -0.4 is 10.6 Å². The van der Waals surface area contributed by atoms with Crippen molar-refractivity contribution in [2.24, 2.45) is 11.8 Å². The lowest BCUT2D eigenvalue weighted by molar-refractivity contribution is -0.141. The largest absolute Gasteiger partial charge is 0.340 e. The molecule has 24 heavy (non-hydrogen) atoms. The molecule has 2 amide bonds. The summed E-state index contributed by atoms with van der Waals surface area (Å²) in [6, 6.07) is 7.49. The van der Waals surface area contributed by atoms with E-state index in [0.717, 1.165) is 36.3 Å². The van der Waals surface area contributed by atoms with Gasteiger partial charge >= 0.3 is 0 Å². The van der Waals surface area contributed by atoms with Crippen molar-refractivity contribution in [3.63, 3.8) is 0 Å². The highest BCUT2D eigenvalue weighted by Gasteiger charge is 2.36. The number of allylic oxidation sites excluding steroid dienone is 2. The first-order valence-electron chi connectivity index (χ1n) is 8.36. The molecule has 1 aromatic rings. The van der Waals surface area contributed by atoms with Gasteiger partial charge in [0, 0.05) is 36.3 Å². The predicted molar refractivity (Wildman–Crippen MR) is 97.6 cm³/mol. The molecule has 0 bridgehead atoms. The Kier molecular flexibility index (Phi) is 5.68. The molecule has 0 spiro atoms. The highest BCUT2D eigenvalue weighted by atomic mass is 79.9. The van der Waals surface area contributed by atoms with E-state index in [-0.39, 0.29) is 23.7 Å². The summed E-state index contributed by atoms with van der Waals surface area (Å²) in [5.41, 5.74) is 0.756. The minimum atomic E-state index is -0.305. The van der Waals surface area contributed by atoms with Gasteiger partial charge in [0.15, 0.2) is 0 Å². The zero-order chi connectivity index (χ0) is 16.9. The molecule has 128 valence electrons. The summed E-state index contributed by atoms with van der Waals surface area (Å²) in [5.74, 6) is -0.531. The number of carbonyl (C=O) groups is 2. The first-order valence-corrected chi connectivity index (χ1v) is 9.15. The molecule has 0 saturated carbocycles. The maximum atomic E-state index is 12.8. The topological polar surface area (TPSA) is 61.4 Å². The van der Waals surface area contributed by atoms with Gasteiger partial charge in [-0.2, -0.15) is 0 Å². The van der Waals surface area contributed by atoms with Gasteiger partial charge in [-0.3, -0.25) is 9.59 Å². The van der Waals surface area contributed by atoms with E-state index in [2.05, 4.69) is 26.6 Å². The predicted octanol–water partition coefficient (Wildman–Crippen LogP) is 2.40. The smallest absolute Gasteiger partial charge is 0.228 e. The highest BCUT2D eigenvalue weighted by molar-refractivity contribution is 9.10. The lowest BCUT2D eigenvalue weighted by Gasteiger charge is -2.34. The summed E-state index contributed by atoms with van der Waals surface area (Å²) in [6.07, 6.45) is 5.29. The maximum absolute atomic E-state index is 12.8. The molecule has 2 unspecified atom stereocenters. The van der Waals surface area contributed by atoms with E-state index < -0.39 is 0 Å². The molecule has 1 heterocycles. The van der Waals surface area contributed by atoms with Gasteiger partial charge in [0.25, 0.3) is 0 Å². The zero-order valence-electron chi connectivity index (χ0n) is 13.5. The Hall–Kier alpha value is -1.66. The monoisotopic (exact) mass is 391 g/mol. The van der Waals surface area contributed by atoms with Crippen molar-refractivity contribution < 1.29 is 9.59 Å². The minimum absolute atomic E-state index is 0.0739. The summed E-state index contributed by atoms with van der Waals surface area (Å²) in [7, 11) is 0. The van der Waals surface area contributed by atoms with Crippen LogP contribution in [0.4, 0.5) is 5.69 Å². The summed E-state index contributed by atoms with van der Waals surface area (Å²) in [6.45, 7) is 3.09. The molecule has 1 fully saturated rings. The van der Waals surface area contributed by atoms with E-state index in [4.69, 9.17) is 0 Å². The molecule has 2 atom stereocenters. The van der Waals surface area contributed by atoms with Gasteiger partial charge in [-0.25, -0.2) is 0 Å². The Labute approximate surface area is 150 Å². The molecule has 1 saturated heterocycles. The third-order valence-electron chi connectivity index (χ3n) is 4.63. The van der Waals surface area contributed by atoms with Gasteiger partial charge in [0.2, 0.25) is 11.8 Å². The number of hydrogen-bond acceptors (Lipinski definition) is 3. The number of benzene rings is 1. The van der Waals surface area contributed by atoms with E-state index in [1.54, 1.807) is 0 Å². The fourth-order valence-corrected chi connectivity index (χ4v) is 3.53. The molecule has 3 rings (SSSR count). The Morgan fingerprint density at radius 1 is 1.04 bits per heavy atom. The molecule has 5 nitrogen and oxygen atoms in total. The number of halogens is 1. The summed E-state index contributed by atoms with van der Waals surface area (Å²) < 4.78 is 0.966. The van der Waals surface area contributed by atoms with E-state index in [9.17, 15) is 9.59 Å². The Morgan fingerprint density at radius 3 is 2.33 bits per heavy atom. The van der Waals surface area contributed by atoms with Gasteiger partial charge in [-0.05, 0) is 37.1 Å². The Balaban J connectivity index is 1.69. The second-order valence-electron chi connectivity index (χ2n) is 6.23. The van der Waals surface area contributed by atoms with E-state index in [0.29, 0.717) is 12.8 Å². The lowest BCUT2D eigenvalue weighted by Crippen LogP contribution is -2.50. The van der Waals surface area contributed by atoms with Gasteiger partial charge in [-0.1, -0.05) is 28.1 Å². The molecule has 6 heteroatoms. The van der Waals surface area contributed by atoms with E-state index in [1.165, 1.54) is 0 Å². The fourth-order valence-electron chi connectivity index (χ4n) is 3.26. The number of anilines is 1. The minimum Gasteiger partial charge on any atom is -0.340 e. The molecule has 0 radical (unpaired) electrons. The number of carbonyl (C=O) groups excluding carboxylic acids is 2. The highest BCUT2D eigenvalue weighted by Crippen LogP contribution is 2.29. The third-order valence-corrected chi connectivity index (χ3v) is 5.16. The molecular weight excluding hydrogens is 370 g/mol. The third kappa shape index (κ3) is 4.05. The van der Waals surface area contributed by atoms with Crippen LogP contribution in [0.5, 0.6) is 0 Å². The molecule has 1 aromatic carbocycles. The second-order valence-corrected chi connectivity index (χ2v) is 7.14. The lowest BCUT2D eigenvalue weighted by atomic mass is 9.81. The normalized spacial score (nSPS) is 23.8. The van der Waals surface area contributed by atoms with Crippen LogP contribution in [0, 0.1) is 11.8 Å². The number of nitrogens with one attached hydrogen (secondary N) is 2. The summed E-state index contributed by atoms with van der Waals surface area (Å²) in [5, 5.41) is 6.20. The number of piperazine rings is 1. The SMILES string of the molecule is O=C(Nc1ccc(Br)cc1)C1CC=CCC1C(=O)N1CCNCC1. The van der Waals surface area contributed by atoms with Crippen molar-refractivity contribution >= 4 is 33.4 Å². The van der Waals surface area contributed by atoms with Crippen LogP contribution in [0.15, 0.2) is 40.9 Å². The molecule has 2 N–H and O–H groups in total. The molecule has 0 aromatic heterocycles. The van der Waals surface area contributed by atoms with Crippen LogP contribution >= 0.6 is 15.9 Å². The summed E-state index contributed by atoms with van der Waals surface area (Å²) in [4.78, 5) is 27.4. The number of hydrogen-bond donors (Lipinski definition) is 2. The van der Waals surface area contributed by atoms with E-state index in [1.807, 2.05) is 41.3 Å². The Morgan fingerprint density at radius 2 is 1.67 bits per heavy atom. The van der Waals surface area contributed by atoms with Crippen molar-refractivity contribution in [1.82, 2.24) is 10.2 Å². The average molecular weight is 392 g/mol. The average Bonchev–Trinajstić information content (AvgIpc) is 2.63. The van der Waals surface area contributed by atoms with Crippen LogP contribution in [0.2, 0.25) is 0 Å². The first-order chi connectivity index (χ1) is 11.6. The maximum Gasteiger partial charge on any atom is 0.228 e. The van der Waals surface area contributed by atoms with Crippen molar-refractivity contribution in [2.45, 2.75) is 12.8 Å². The molecule has 1 aliphatic carbocycles. The van der Waals surface area contributed by atoms with Gasteiger partial charge in [0.05, 0.1) is 11.8 Å². The first kappa shape index (κ1) is 17.2. The van der Waals surface area contributed by atoms with Crippen LogP contribution in [0.25, 0.3) is 0 Å². The zero-order valence-corrected chi connectivity index (χ0v) is 15.1. The molecule has 1 aliphatic heterocycles. The standard InChI is InChI=1S/C18H22BrN3O2/c19-13-5-7-14(8-6-13)21-17(23)15-3-1-2-4-16(15)18(24)22-11-9-20-10-12-22/h1-2,5-8,15-16,20H,3-4,9-12H2,(H,21,23). The summed E-state index contributed by atoms with van der Waals surface area (Å²) >= 11 is 3.38. The van der Waals surface area contributed by atoms with Gasteiger partial charge in [-0.15, -0.1) is 0 Å². The molecular formula is C18H22BrN3O2.